The highest BCUT2D eigenvalue weighted by Crippen LogP contribution is 2.44. The number of fused-ring (bicyclic) bond motifs is 2. The van der Waals surface area contributed by atoms with E-state index in [4.69, 9.17) is 11.6 Å². The van der Waals surface area contributed by atoms with Gasteiger partial charge in [0, 0.05) is 17.1 Å². The summed E-state index contributed by atoms with van der Waals surface area (Å²) in [5.41, 5.74) is 1.38. The lowest BCUT2D eigenvalue weighted by Crippen LogP contribution is -2.40. The second-order valence-electron chi connectivity index (χ2n) is 6.18. The van der Waals surface area contributed by atoms with Gasteiger partial charge in [0.2, 0.25) is 0 Å². The lowest BCUT2D eigenvalue weighted by atomic mass is 9.94. The molecule has 2 saturated carbocycles. The highest BCUT2D eigenvalue weighted by atomic mass is 35.5. The van der Waals surface area contributed by atoms with Crippen LogP contribution in [0.3, 0.4) is 0 Å². The molecule has 0 saturated heterocycles. The van der Waals surface area contributed by atoms with E-state index >= 15 is 0 Å². The summed E-state index contributed by atoms with van der Waals surface area (Å²) in [7, 11) is 0. The van der Waals surface area contributed by atoms with Gasteiger partial charge in [-0.05, 0) is 62.1 Å². The van der Waals surface area contributed by atoms with E-state index in [0.717, 1.165) is 29.3 Å². The second-order valence-corrected chi connectivity index (χ2v) is 6.62. The summed E-state index contributed by atoms with van der Waals surface area (Å²) >= 11 is 5.91. The predicted molar refractivity (Wildman–Crippen MR) is 77.0 cm³/mol. The fraction of sp³-hybridized carbons (Fsp3) is 0.625. The first-order chi connectivity index (χ1) is 8.70. The molecule has 4 atom stereocenters. The zero-order valence-electron chi connectivity index (χ0n) is 11.0. The van der Waals surface area contributed by atoms with Crippen molar-refractivity contribution in [2.24, 2.45) is 11.8 Å². The summed E-state index contributed by atoms with van der Waals surface area (Å²) in [6.45, 7) is 2.31. The first kappa shape index (κ1) is 12.5. The molecule has 1 N–H and O–H groups in total. The molecular formula is C16H22ClN. The summed E-state index contributed by atoms with van der Waals surface area (Å²) in [6.07, 6.45) is 6.93. The topological polar surface area (TPSA) is 12.0 Å². The van der Waals surface area contributed by atoms with Crippen molar-refractivity contribution in [1.29, 1.82) is 0 Å². The maximum absolute atomic E-state index is 5.91. The Balaban J connectivity index is 1.52. The van der Waals surface area contributed by atoms with Gasteiger partial charge in [0.05, 0.1) is 0 Å². The Bertz CT molecular complexity index is 400. The van der Waals surface area contributed by atoms with Gasteiger partial charge in [-0.2, -0.15) is 0 Å². The summed E-state index contributed by atoms with van der Waals surface area (Å²) < 4.78 is 0. The molecule has 2 aliphatic rings. The largest absolute Gasteiger partial charge is 0.311 e. The molecular weight excluding hydrogens is 242 g/mol. The molecule has 98 valence electrons. The van der Waals surface area contributed by atoms with E-state index in [0.29, 0.717) is 6.04 Å². The van der Waals surface area contributed by atoms with Crippen LogP contribution in [0.15, 0.2) is 24.3 Å². The Morgan fingerprint density at radius 3 is 2.61 bits per heavy atom. The fourth-order valence-electron chi connectivity index (χ4n) is 3.85. The third kappa shape index (κ3) is 2.73. The highest BCUT2D eigenvalue weighted by Gasteiger charge is 2.39. The maximum atomic E-state index is 5.91. The number of nitrogens with one attached hydrogen (secondary N) is 1. The van der Waals surface area contributed by atoms with Crippen molar-refractivity contribution >= 4 is 11.6 Å². The first-order valence-electron chi connectivity index (χ1n) is 7.21. The lowest BCUT2D eigenvalue weighted by molar-refractivity contribution is 0.323. The minimum absolute atomic E-state index is 0.565. The average Bonchev–Trinajstić information content (AvgIpc) is 2.94. The van der Waals surface area contributed by atoms with Crippen LogP contribution in [0, 0.1) is 11.8 Å². The van der Waals surface area contributed by atoms with Crippen molar-refractivity contribution in [3.8, 4) is 0 Å². The van der Waals surface area contributed by atoms with Gasteiger partial charge in [-0.3, -0.25) is 0 Å². The fourth-order valence-corrected chi connectivity index (χ4v) is 3.97. The molecule has 2 heteroatoms. The molecule has 2 bridgehead atoms. The Kier molecular flexibility index (Phi) is 3.63. The van der Waals surface area contributed by atoms with Crippen molar-refractivity contribution in [2.75, 3.05) is 0 Å². The van der Waals surface area contributed by atoms with Gasteiger partial charge in [0.15, 0.2) is 0 Å². The van der Waals surface area contributed by atoms with E-state index < -0.39 is 0 Å². The maximum Gasteiger partial charge on any atom is 0.0406 e. The van der Waals surface area contributed by atoms with Crippen LogP contribution in [0.25, 0.3) is 0 Å². The minimum atomic E-state index is 0.565. The minimum Gasteiger partial charge on any atom is -0.311 e. The molecule has 0 radical (unpaired) electrons. The Hall–Kier alpha value is -0.530. The number of halogens is 1. The molecule has 1 aromatic carbocycles. The van der Waals surface area contributed by atoms with Gasteiger partial charge in [-0.15, -0.1) is 0 Å². The van der Waals surface area contributed by atoms with E-state index in [2.05, 4.69) is 24.4 Å². The molecule has 3 rings (SSSR count). The highest BCUT2D eigenvalue weighted by molar-refractivity contribution is 6.30. The average molecular weight is 264 g/mol. The Labute approximate surface area is 115 Å². The molecule has 4 unspecified atom stereocenters. The van der Waals surface area contributed by atoms with Crippen molar-refractivity contribution in [3.63, 3.8) is 0 Å². The predicted octanol–water partition coefficient (Wildman–Crippen LogP) is 4.05. The molecule has 0 aromatic heterocycles. The standard InChI is InChI=1S/C16H22ClN/c1-11(8-12-3-6-15(17)7-4-12)18-16-10-13-2-5-14(16)9-13/h3-4,6-7,11,13-14,16,18H,2,5,8-10H2,1H3. The van der Waals surface area contributed by atoms with Gasteiger partial charge in [0.25, 0.3) is 0 Å². The summed E-state index contributed by atoms with van der Waals surface area (Å²) in [4.78, 5) is 0. The zero-order chi connectivity index (χ0) is 12.5. The smallest absolute Gasteiger partial charge is 0.0406 e. The van der Waals surface area contributed by atoms with Gasteiger partial charge in [0.1, 0.15) is 0 Å². The summed E-state index contributed by atoms with van der Waals surface area (Å²) in [5, 5.41) is 4.67. The third-order valence-electron chi connectivity index (χ3n) is 4.69. The summed E-state index contributed by atoms with van der Waals surface area (Å²) in [5.74, 6) is 1.98. The van der Waals surface area contributed by atoms with Gasteiger partial charge in [-0.25, -0.2) is 0 Å². The zero-order valence-corrected chi connectivity index (χ0v) is 11.8. The van der Waals surface area contributed by atoms with E-state index in [1.165, 1.54) is 31.2 Å². The molecule has 1 nitrogen and oxygen atoms in total. The number of benzene rings is 1. The molecule has 0 heterocycles. The second kappa shape index (κ2) is 5.22. The summed E-state index contributed by atoms with van der Waals surface area (Å²) in [6, 6.07) is 9.60. The SMILES string of the molecule is CC(Cc1ccc(Cl)cc1)NC1CC2CCC1C2. The van der Waals surface area contributed by atoms with Crippen molar-refractivity contribution in [1.82, 2.24) is 5.32 Å². The van der Waals surface area contributed by atoms with E-state index in [1.54, 1.807) is 0 Å². The molecule has 0 aliphatic heterocycles. The van der Waals surface area contributed by atoms with Crippen LogP contribution in [0.1, 0.15) is 38.2 Å². The number of hydrogen-bond acceptors (Lipinski definition) is 1. The lowest BCUT2D eigenvalue weighted by Gasteiger charge is -2.27. The Morgan fingerprint density at radius 1 is 1.22 bits per heavy atom. The van der Waals surface area contributed by atoms with E-state index in [1.807, 2.05) is 12.1 Å². The molecule has 2 aliphatic carbocycles. The van der Waals surface area contributed by atoms with Crippen molar-refractivity contribution in [3.05, 3.63) is 34.9 Å². The van der Waals surface area contributed by atoms with Crippen LogP contribution < -0.4 is 5.32 Å². The third-order valence-corrected chi connectivity index (χ3v) is 4.94. The van der Waals surface area contributed by atoms with Gasteiger partial charge in [-0.1, -0.05) is 30.2 Å². The van der Waals surface area contributed by atoms with E-state index in [9.17, 15) is 0 Å². The normalized spacial score (nSPS) is 31.8. The molecule has 2 fully saturated rings. The van der Waals surface area contributed by atoms with Crippen molar-refractivity contribution < 1.29 is 0 Å². The molecule has 0 amide bonds. The quantitative estimate of drug-likeness (QED) is 0.864. The number of rotatable bonds is 4. The first-order valence-corrected chi connectivity index (χ1v) is 7.59. The van der Waals surface area contributed by atoms with Gasteiger partial charge < -0.3 is 5.32 Å². The van der Waals surface area contributed by atoms with Crippen molar-refractivity contribution in [2.45, 2.75) is 51.1 Å². The van der Waals surface area contributed by atoms with Crippen LogP contribution in [0.5, 0.6) is 0 Å². The van der Waals surface area contributed by atoms with Crippen LogP contribution in [0.2, 0.25) is 5.02 Å². The van der Waals surface area contributed by atoms with Gasteiger partial charge >= 0.3 is 0 Å². The molecule has 18 heavy (non-hydrogen) atoms. The van der Waals surface area contributed by atoms with Crippen LogP contribution in [-0.2, 0) is 6.42 Å². The molecule has 1 aromatic rings. The van der Waals surface area contributed by atoms with Crippen LogP contribution in [-0.4, -0.2) is 12.1 Å². The number of hydrogen-bond donors (Lipinski definition) is 1. The molecule has 0 spiro atoms. The Morgan fingerprint density at radius 2 is 2.00 bits per heavy atom. The van der Waals surface area contributed by atoms with Crippen LogP contribution >= 0.6 is 11.6 Å². The monoisotopic (exact) mass is 263 g/mol. The van der Waals surface area contributed by atoms with E-state index in [-0.39, 0.29) is 0 Å². The van der Waals surface area contributed by atoms with Crippen LogP contribution in [0.4, 0.5) is 0 Å².